The first-order valence-electron chi connectivity index (χ1n) is 15.6. The zero-order valence-corrected chi connectivity index (χ0v) is 24.8. The predicted octanol–water partition coefficient (Wildman–Crippen LogP) is 6.50. The largest absolute Gasteiger partial charge is 0.417 e. The van der Waals surface area contributed by atoms with Gasteiger partial charge in [-0.25, -0.2) is 0 Å². The Balaban J connectivity index is 1.37. The van der Waals surface area contributed by atoms with Gasteiger partial charge in [-0.1, -0.05) is 43.9 Å². The van der Waals surface area contributed by atoms with E-state index in [1.165, 1.54) is 31.0 Å². The van der Waals surface area contributed by atoms with Crippen LogP contribution in [-0.2, 0) is 11.0 Å². The Morgan fingerprint density at radius 3 is 2.40 bits per heavy atom. The van der Waals surface area contributed by atoms with Crippen molar-refractivity contribution in [1.82, 2.24) is 25.3 Å². The number of alkyl halides is 3. The van der Waals surface area contributed by atoms with E-state index in [9.17, 15) is 22.8 Å². The van der Waals surface area contributed by atoms with Crippen LogP contribution in [0.1, 0.15) is 112 Å². The monoisotopic (exact) mass is 587 g/mol. The molecule has 0 bridgehead atoms. The molecule has 3 saturated carbocycles. The molecule has 5 rings (SSSR count). The van der Waals surface area contributed by atoms with Crippen molar-refractivity contribution in [3.8, 4) is 11.3 Å². The topological polar surface area (TPSA) is 79.3 Å². The maximum atomic E-state index is 14.0. The van der Waals surface area contributed by atoms with Crippen molar-refractivity contribution in [3.05, 3.63) is 41.6 Å². The molecule has 0 saturated heterocycles. The van der Waals surface area contributed by atoms with Gasteiger partial charge in [0.2, 0.25) is 5.91 Å². The van der Waals surface area contributed by atoms with Crippen LogP contribution in [0.25, 0.3) is 11.3 Å². The summed E-state index contributed by atoms with van der Waals surface area (Å²) in [5.41, 5.74) is -0.234. The average Bonchev–Trinajstić information content (AvgIpc) is 3.70. The van der Waals surface area contributed by atoms with Crippen LogP contribution in [0, 0.1) is 0 Å². The van der Waals surface area contributed by atoms with Crippen molar-refractivity contribution in [2.45, 2.75) is 120 Å². The Morgan fingerprint density at radius 1 is 1.07 bits per heavy atom. The van der Waals surface area contributed by atoms with Crippen LogP contribution in [0.5, 0.6) is 0 Å². The number of amides is 2. The number of carbonyl (C=O) groups excluding carboxylic acids is 2. The number of carbonyl (C=O) groups is 2. The number of rotatable bonds is 11. The van der Waals surface area contributed by atoms with Crippen LogP contribution < -0.4 is 10.6 Å². The molecule has 2 N–H and O–H groups in total. The fourth-order valence-electron chi connectivity index (χ4n) is 6.77. The van der Waals surface area contributed by atoms with Gasteiger partial charge in [0, 0.05) is 36.2 Å². The maximum Gasteiger partial charge on any atom is 0.417 e. The Morgan fingerprint density at radius 2 is 1.76 bits per heavy atom. The molecule has 2 amide bonds. The number of hydrogen-bond donors (Lipinski definition) is 2. The highest BCUT2D eigenvalue weighted by atomic mass is 19.4. The third-order valence-corrected chi connectivity index (χ3v) is 9.80. The van der Waals surface area contributed by atoms with Gasteiger partial charge < -0.3 is 15.5 Å². The third kappa shape index (κ3) is 7.01. The zero-order chi connectivity index (χ0) is 29.9. The molecule has 7 nitrogen and oxygen atoms in total. The molecule has 1 heterocycles. The highest BCUT2D eigenvalue weighted by molar-refractivity contribution is 5.94. The van der Waals surface area contributed by atoms with Gasteiger partial charge in [-0.2, -0.15) is 18.3 Å². The highest BCUT2D eigenvalue weighted by Crippen LogP contribution is 2.40. The Kier molecular flexibility index (Phi) is 9.30. The van der Waals surface area contributed by atoms with Crippen molar-refractivity contribution in [2.24, 2.45) is 0 Å². The van der Waals surface area contributed by atoms with Crippen LogP contribution in [0.15, 0.2) is 30.3 Å². The summed E-state index contributed by atoms with van der Waals surface area (Å²) in [5.74, 6) is -0.551. The SMILES string of the molecule is CN(CC[C@@H](CC(=O)NC1CCC1)NC(=O)c1cc(-c2ccccc2C(F)(F)F)n(C2CCCC2)n1)C1(C)CCCC1. The summed E-state index contributed by atoms with van der Waals surface area (Å²) in [4.78, 5) is 28.9. The van der Waals surface area contributed by atoms with E-state index in [-0.39, 0.29) is 41.2 Å². The zero-order valence-electron chi connectivity index (χ0n) is 24.8. The summed E-state index contributed by atoms with van der Waals surface area (Å²) in [5, 5.41) is 10.7. The summed E-state index contributed by atoms with van der Waals surface area (Å²) in [6, 6.07) is 6.66. The number of nitrogens with zero attached hydrogens (tertiary/aromatic N) is 3. The van der Waals surface area contributed by atoms with Gasteiger partial charge in [0.05, 0.1) is 17.3 Å². The van der Waals surface area contributed by atoms with E-state index in [0.29, 0.717) is 12.1 Å². The molecule has 2 aromatic rings. The summed E-state index contributed by atoms with van der Waals surface area (Å²) in [6.45, 7) is 2.99. The molecule has 10 heteroatoms. The molecule has 1 atom stereocenters. The molecule has 1 aromatic carbocycles. The van der Waals surface area contributed by atoms with Gasteiger partial charge >= 0.3 is 6.18 Å². The second-order valence-corrected chi connectivity index (χ2v) is 12.8. The van der Waals surface area contributed by atoms with Gasteiger partial charge in [0.25, 0.3) is 5.91 Å². The second-order valence-electron chi connectivity index (χ2n) is 12.8. The molecular formula is C32H44F3N5O2. The number of nitrogens with one attached hydrogen (secondary N) is 2. The van der Waals surface area contributed by atoms with Crippen molar-refractivity contribution in [1.29, 1.82) is 0 Å². The van der Waals surface area contributed by atoms with E-state index in [1.54, 1.807) is 10.7 Å². The van der Waals surface area contributed by atoms with Crippen LogP contribution in [0.3, 0.4) is 0 Å². The van der Waals surface area contributed by atoms with Crippen LogP contribution in [0.4, 0.5) is 13.2 Å². The van der Waals surface area contributed by atoms with E-state index in [1.807, 2.05) is 0 Å². The molecule has 0 spiro atoms. The summed E-state index contributed by atoms with van der Waals surface area (Å²) < 4.78 is 43.5. The van der Waals surface area contributed by atoms with Gasteiger partial charge in [0.15, 0.2) is 5.69 Å². The Bertz CT molecular complexity index is 1240. The Hall–Kier alpha value is -2.88. The molecule has 1 aromatic heterocycles. The minimum Gasteiger partial charge on any atom is -0.353 e. The van der Waals surface area contributed by atoms with Gasteiger partial charge in [-0.3, -0.25) is 14.3 Å². The van der Waals surface area contributed by atoms with E-state index < -0.39 is 23.7 Å². The number of halogens is 3. The lowest BCUT2D eigenvalue weighted by Gasteiger charge is -2.36. The second kappa shape index (κ2) is 12.8. The third-order valence-electron chi connectivity index (χ3n) is 9.80. The molecule has 3 aliphatic rings. The van der Waals surface area contributed by atoms with E-state index in [4.69, 9.17) is 0 Å². The first-order chi connectivity index (χ1) is 20.0. The van der Waals surface area contributed by atoms with Crippen LogP contribution in [0.2, 0.25) is 0 Å². The number of benzene rings is 1. The quantitative estimate of drug-likeness (QED) is 0.315. The van der Waals surface area contributed by atoms with Crippen molar-refractivity contribution in [2.75, 3.05) is 13.6 Å². The highest BCUT2D eigenvalue weighted by Gasteiger charge is 2.36. The fourth-order valence-corrected chi connectivity index (χ4v) is 6.77. The maximum absolute atomic E-state index is 14.0. The normalized spacial score (nSPS) is 20.0. The molecule has 0 radical (unpaired) electrons. The molecular weight excluding hydrogens is 543 g/mol. The van der Waals surface area contributed by atoms with E-state index in [0.717, 1.165) is 70.4 Å². The molecule has 3 aliphatic carbocycles. The lowest BCUT2D eigenvalue weighted by molar-refractivity contribution is -0.137. The molecule has 230 valence electrons. The van der Waals surface area contributed by atoms with Gasteiger partial charge in [-0.05, 0) is 77.5 Å². The van der Waals surface area contributed by atoms with E-state index in [2.05, 4.69) is 34.6 Å². The Labute approximate surface area is 246 Å². The minimum absolute atomic E-state index is 0.0197. The van der Waals surface area contributed by atoms with Crippen LogP contribution in [-0.4, -0.2) is 57.7 Å². The van der Waals surface area contributed by atoms with Crippen molar-refractivity contribution < 1.29 is 22.8 Å². The lowest BCUT2D eigenvalue weighted by atomic mass is 9.93. The standard InChI is InChI=1S/C32H44F3N5O2/c1-31(17-7-8-18-31)39(2)19-16-23(20-29(41)36-22-10-9-11-22)37-30(42)27-21-28(40(38-27)24-12-3-4-13-24)25-14-5-6-15-26(25)32(33,34)35/h5-6,14-15,21-24H,3-4,7-13,16-20H2,1-2H3,(H,36,41)(H,37,42)/t23-/m0/s1. The first-order valence-corrected chi connectivity index (χ1v) is 15.6. The smallest absolute Gasteiger partial charge is 0.353 e. The minimum atomic E-state index is -4.54. The molecule has 3 fully saturated rings. The van der Waals surface area contributed by atoms with E-state index >= 15 is 0 Å². The molecule has 0 unspecified atom stereocenters. The van der Waals surface area contributed by atoms with Crippen molar-refractivity contribution >= 4 is 11.8 Å². The first kappa shape index (κ1) is 30.6. The predicted molar refractivity (Wildman–Crippen MR) is 156 cm³/mol. The summed E-state index contributed by atoms with van der Waals surface area (Å²) >= 11 is 0. The lowest BCUT2D eigenvalue weighted by Crippen LogP contribution is -2.47. The van der Waals surface area contributed by atoms with Crippen LogP contribution >= 0.6 is 0 Å². The average molecular weight is 588 g/mol. The number of hydrogen-bond acceptors (Lipinski definition) is 4. The van der Waals surface area contributed by atoms with Gasteiger partial charge in [0.1, 0.15) is 0 Å². The fraction of sp³-hybridized carbons (Fsp3) is 0.656. The van der Waals surface area contributed by atoms with Crippen molar-refractivity contribution in [3.63, 3.8) is 0 Å². The summed E-state index contributed by atoms with van der Waals surface area (Å²) in [6.07, 6.45) is 7.47. The number of aromatic nitrogens is 2. The summed E-state index contributed by atoms with van der Waals surface area (Å²) in [7, 11) is 2.10. The van der Waals surface area contributed by atoms with Gasteiger partial charge in [-0.15, -0.1) is 0 Å². The molecule has 42 heavy (non-hydrogen) atoms. The molecule has 0 aliphatic heterocycles.